The molecule has 0 aromatic rings. The first-order valence-electron chi connectivity index (χ1n) is 12.6. The molecule has 0 heterocycles. The average Bonchev–Trinajstić information content (AvgIpc) is 2.85. The zero-order valence-electron chi connectivity index (χ0n) is 21.0. The molecule has 0 amide bonds. The highest BCUT2D eigenvalue weighted by Crippen LogP contribution is 2.12. The Kier molecular flexibility index (Phi) is 33.5. The van der Waals surface area contributed by atoms with Crippen LogP contribution in [0.15, 0.2) is 0 Å². The zero-order chi connectivity index (χ0) is 26.6. The maximum Gasteiger partial charge on any atom is 0.303 e. The van der Waals surface area contributed by atoms with Crippen molar-refractivity contribution >= 4 is 5.97 Å². The maximum absolute atomic E-state index is 10.3. The van der Waals surface area contributed by atoms with E-state index in [0.29, 0.717) is 6.42 Å². The van der Waals surface area contributed by atoms with Gasteiger partial charge in [-0.2, -0.15) is 0 Å². The molecule has 0 saturated carbocycles. The van der Waals surface area contributed by atoms with Crippen molar-refractivity contribution in [3.05, 3.63) is 0 Å². The van der Waals surface area contributed by atoms with Crippen LogP contribution in [0.5, 0.6) is 0 Å². The highest BCUT2D eigenvalue weighted by molar-refractivity contribution is 5.66. The summed E-state index contributed by atoms with van der Waals surface area (Å²) in [4.78, 5) is 10.3. The van der Waals surface area contributed by atoms with E-state index < -0.39 is 43.6 Å². The van der Waals surface area contributed by atoms with E-state index >= 15 is 0 Å². The van der Waals surface area contributed by atoms with Gasteiger partial charge >= 0.3 is 5.97 Å². The van der Waals surface area contributed by atoms with Gasteiger partial charge in [0.2, 0.25) is 0 Å². The molecule has 0 aliphatic carbocycles. The van der Waals surface area contributed by atoms with Gasteiger partial charge < -0.3 is 46.0 Å². The third-order valence-electron chi connectivity index (χ3n) is 5.11. The topological polar surface area (TPSA) is 199 Å². The van der Waals surface area contributed by atoms with Crippen LogP contribution < -0.4 is 0 Å². The van der Waals surface area contributed by atoms with Crippen molar-refractivity contribution < 1.29 is 50.8 Å². The predicted molar refractivity (Wildman–Crippen MR) is 130 cm³/mol. The average molecular weight is 501 g/mol. The quantitative estimate of drug-likeness (QED) is 0.108. The predicted octanol–water partition coefficient (Wildman–Crippen LogP) is 0.938. The Morgan fingerprint density at radius 1 is 0.559 bits per heavy atom. The van der Waals surface area contributed by atoms with E-state index in [-0.39, 0.29) is 13.2 Å². The van der Waals surface area contributed by atoms with Crippen LogP contribution in [0.25, 0.3) is 0 Å². The first-order chi connectivity index (χ1) is 16.2. The van der Waals surface area contributed by atoms with Gasteiger partial charge in [0, 0.05) is 6.42 Å². The smallest absolute Gasteiger partial charge is 0.303 e. The maximum atomic E-state index is 10.3. The van der Waals surface area contributed by atoms with Crippen molar-refractivity contribution in [2.24, 2.45) is 0 Å². The summed E-state index contributed by atoms with van der Waals surface area (Å²) in [5, 5.41) is 75.9. The number of aliphatic hydroxyl groups excluding tert-OH is 8. The third-order valence-corrected chi connectivity index (χ3v) is 5.11. The van der Waals surface area contributed by atoms with Crippen molar-refractivity contribution in [2.75, 3.05) is 26.4 Å². The summed E-state index contributed by atoms with van der Waals surface area (Å²) < 4.78 is 0. The molecule has 0 aliphatic heterocycles. The summed E-state index contributed by atoms with van der Waals surface area (Å²) in [5.41, 5.74) is 0. The normalized spacial score (nSPS) is 14.1. The van der Waals surface area contributed by atoms with Crippen molar-refractivity contribution in [3.8, 4) is 0 Å². The summed E-state index contributed by atoms with van der Waals surface area (Å²) in [6, 6.07) is 0. The van der Waals surface area contributed by atoms with Crippen LogP contribution in [0.1, 0.15) is 96.8 Å². The summed E-state index contributed by atoms with van der Waals surface area (Å²) in [6.45, 7) is 0.559. The number of hydrogen-bond donors (Lipinski definition) is 9. The molecule has 10 nitrogen and oxygen atoms in total. The molecule has 0 radical (unpaired) electrons. The van der Waals surface area contributed by atoms with Gasteiger partial charge in [-0.25, -0.2) is 0 Å². The summed E-state index contributed by atoms with van der Waals surface area (Å²) in [5.74, 6) is -0.655. The molecule has 208 valence electrons. The Labute approximate surface area is 204 Å². The molecule has 0 aromatic heterocycles. The van der Waals surface area contributed by atoms with Crippen LogP contribution in [-0.2, 0) is 4.79 Å². The Morgan fingerprint density at radius 2 is 0.853 bits per heavy atom. The molecule has 0 aromatic carbocycles. The number of aliphatic hydroxyl groups is 8. The lowest BCUT2D eigenvalue weighted by Crippen LogP contribution is -2.46. The zero-order valence-corrected chi connectivity index (χ0v) is 21.0. The molecule has 34 heavy (non-hydrogen) atoms. The molecule has 0 bridgehead atoms. The molecular formula is C24H52O10. The summed E-state index contributed by atoms with van der Waals surface area (Å²) in [7, 11) is 0. The van der Waals surface area contributed by atoms with Crippen molar-refractivity contribution in [2.45, 2.75) is 121 Å². The first kappa shape index (κ1) is 37.7. The number of aliphatic carboxylic acids is 1. The van der Waals surface area contributed by atoms with E-state index in [1.165, 1.54) is 70.6 Å². The standard InChI is InChI=1S/C16H32O2.C6H14O6.C2H6O2/c1-2-3-4-5-6-7-8-9-10-11-12-13-14-15-16(17)18;7-1-3(9)5(11)6(12)4(10)2-8;3-1-2-4/h2-15H2,1H3,(H,17,18);3-12H,1-2H2;3-4H,1-2H2. The molecule has 0 spiro atoms. The fourth-order valence-corrected chi connectivity index (χ4v) is 2.97. The van der Waals surface area contributed by atoms with Crippen molar-refractivity contribution in [3.63, 3.8) is 0 Å². The molecule has 4 unspecified atom stereocenters. The second-order valence-electron chi connectivity index (χ2n) is 8.31. The fourth-order valence-electron chi connectivity index (χ4n) is 2.97. The number of carboxylic acids is 1. The van der Waals surface area contributed by atoms with Crippen LogP contribution >= 0.6 is 0 Å². The minimum Gasteiger partial charge on any atom is -0.481 e. The largest absolute Gasteiger partial charge is 0.481 e. The summed E-state index contributed by atoms with van der Waals surface area (Å²) >= 11 is 0. The lowest BCUT2D eigenvalue weighted by Gasteiger charge is -2.24. The van der Waals surface area contributed by atoms with Gasteiger partial charge in [-0.1, -0.05) is 84.0 Å². The van der Waals surface area contributed by atoms with E-state index in [1.807, 2.05) is 0 Å². The highest BCUT2D eigenvalue weighted by Gasteiger charge is 2.29. The van der Waals surface area contributed by atoms with Gasteiger partial charge in [-0.05, 0) is 6.42 Å². The van der Waals surface area contributed by atoms with E-state index in [0.717, 1.165) is 12.8 Å². The molecule has 0 fully saturated rings. The molecule has 10 heteroatoms. The van der Waals surface area contributed by atoms with Gasteiger partial charge in [0.1, 0.15) is 24.4 Å². The minimum absolute atomic E-state index is 0.125. The number of hydrogen-bond acceptors (Lipinski definition) is 9. The number of carbonyl (C=O) groups is 1. The van der Waals surface area contributed by atoms with Gasteiger partial charge in [0.25, 0.3) is 0 Å². The monoisotopic (exact) mass is 500 g/mol. The number of unbranched alkanes of at least 4 members (excludes halogenated alkanes) is 12. The van der Waals surface area contributed by atoms with Gasteiger partial charge in [-0.3, -0.25) is 4.79 Å². The lowest BCUT2D eigenvalue weighted by molar-refractivity contribution is -0.137. The van der Waals surface area contributed by atoms with Crippen LogP contribution in [0.2, 0.25) is 0 Å². The fraction of sp³-hybridized carbons (Fsp3) is 0.958. The third kappa shape index (κ3) is 29.2. The van der Waals surface area contributed by atoms with Crippen molar-refractivity contribution in [1.29, 1.82) is 0 Å². The van der Waals surface area contributed by atoms with E-state index in [9.17, 15) is 4.79 Å². The van der Waals surface area contributed by atoms with Gasteiger partial charge in [0.15, 0.2) is 0 Å². The lowest BCUT2D eigenvalue weighted by atomic mass is 10.0. The second-order valence-corrected chi connectivity index (χ2v) is 8.31. The van der Waals surface area contributed by atoms with Crippen LogP contribution in [0, 0.1) is 0 Å². The Hall–Kier alpha value is -0.850. The Bertz CT molecular complexity index is 382. The van der Waals surface area contributed by atoms with Gasteiger partial charge in [0.05, 0.1) is 26.4 Å². The Balaban J connectivity index is -0.000000515. The van der Waals surface area contributed by atoms with Gasteiger partial charge in [-0.15, -0.1) is 0 Å². The second kappa shape index (κ2) is 30.2. The summed E-state index contributed by atoms with van der Waals surface area (Å²) in [6.07, 6.45) is 10.9. The molecule has 0 aliphatic rings. The van der Waals surface area contributed by atoms with Crippen LogP contribution in [0.4, 0.5) is 0 Å². The molecule has 0 rings (SSSR count). The van der Waals surface area contributed by atoms with E-state index in [2.05, 4.69) is 6.92 Å². The number of rotatable bonds is 20. The molecule has 4 atom stereocenters. The van der Waals surface area contributed by atoms with E-state index in [1.54, 1.807) is 0 Å². The number of carboxylic acid groups (broad SMARTS) is 1. The van der Waals surface area contributed by atoms with E-state index in [4.69, 9.17) is 46.0 Å². The SMILES string of the molecule is CCCCCCCCCCCCCCCC(=O)O.OCC(O)C(O)C(O)C(O)CO.OCCO. The first-order valence-corrected chi connectivity index (χ1v) is 12.6. The van der Waals surface area contributed by atoms with Crippen LogP contribution in [-0.4, -0.2) is 103 Å². The molecule has 0 saturated heterocycles. The Morgan fingerprint density at radius 3 is 1.09 bits per heavy atom. The molecule has 9 N–H and O–H groups in total. The highest BCUT2D eigenvalue weighted by atomic mass is 16.4. The van der Waals surface area contributed by atoms with Crippen molar-refractivity contribution in [1.82, 2.24) is 0 Å². The molecular weight excluding hydrogens is 448 g/mol. The van der Waals surface area contributed by atoms with Crippen LogP contribution in [0.3, 0.4) is 0 Å². The minimum atomic E-state index is -1.67.